The van der Waals surface area contributed by atoms with E-state index in [1.807, 2.05) is 0 Å². The van der Waals surface area contributed by atoms with Crippen molar-refractivity contribution in [1.82, 2.24) is 19.8 Å². The number of aromatic amines is 2. The van der Waals surface area contributed by atoms with Crippen molar-refractivity contribution in [2.45, 2.75) is 0 Å². The molecule has 0 bridgehead atoms. The lowest BCUT2D eigenvalue weighted by molar-refractivity contribution is 0.579. The van der Waals surface area contributed by atoms with E-state index in [-0.39, 0.29) is 5.56 Å². The third-order valence-corrected chi connectivity index (χ3v) is 2.47. The van der Waals surface area contributed by atoms with E-state index >= 15 is 0 Å². The largest absolute Gasteiger partial charge is 0.463 e. The van der Waals surface area contributed by atoms with E-state index in [1.54, 1.807) is 24.5 Å². The maximum absolute atomic E-state index is 11.5. The summed E-state index contributed by atoms with van der Waals surface area (Å²) < 4.78 is 6.89. The van der Waals surface area contributed by atoms with E-state index in [4.69, 9.17) is 16.6 Å². The molecular weight excluding hydrogens is 228 g/mol. The number of nitrogens with one attached hydrogen (secondary N) is 2. The van der Waals surface area contributed by atoms with E-state index in [2.05, 4.69) is 15.3 Å². The molecule has 16 heavy (non-hydrogen) atoms. The molecule has 3 aromatic heterocycles. The molecule has 3 rings (SSSR count). The smallest absolute Gasteiger partial charge is 0.288 e. The highest BCUT2D eigenvalue weighted by Crippen LogP contribution is 2.18. The number of H-pyrrole nitrogens is 2. The Bertz CT molecular complexity index is 703. The second kappa shape index (κ2) is 3.17. The Morgan fingerprint density at radius 2 is 2.31 bits per heavy atom. The van der Waals surface area contributed by atoms with Gasteiger partial charge in [0.25, 0.3) is 5.56 Å². The molecule has 3 aromatic rings. The van der Waals surface area contributed by atoms with E-state index < -0.39 is 0 Å². The Hall–Kier alpha value is -2.15. The van der Waals surface area contributed by atoms with E-state index in [1.165, 1.54) is 4.52 Å². The van der Waals surface area contributed by atoms with Gasteiger partial charge in [0.2, 0.25) is 4.77 Å². The Kier molecular flexibility index (Phi) is 1.80. The highest BCUT2D eigenvalue weighted by Gasteiger charge is 2.09. The summed E-state index contributed by atoms with van der Waals surface area (Å²) in [5.74, 6) is 0.595. The average molecular weight is 234 g/mol. The van der Waals surface area contributed by atoms with Crippen LogP contribution in [0.4, 0.5) is 0 Å². The lowest BCUT2D eigenvalue weighted by Gasteiger charge is -1.90. The summed E-state index contributed by atoms with van der Waals surface area (Å²) >= 11 is 5.00. The van der Waals surface area contributed by atoms with Crippen LogP contribution < -0.4 is 5.56 Å². The summed E-state index contributed by atoms with van der Waals surface area (Å²) in [6, 6.07) is 5.15. The second-order valence-electron chi connectivity index (χ2n) is 3.19. The zero-order valence-electron chi connectivity index (χ0n) is 7.93. The van der Waals surface area contributed by atoms with Crippen LogP contribution in [-0.4, -0.2) is 19.8 Å². The third-order valence-electron chi connectivity index (χ3n) is 2.19. The number of rotatable bonds is 1. The molecule has 0 fully saturated rings. The number of hydrogen-bond donors (Lipinski definition) is 2. The van der Waals surface area contributed by atoms with Gasteiger partial charge in [0.1, 0.15) is 11.2 Å². The molecule has 6 nitrogen and oxygen atoms in total. The molecule has 0 radical (unpaired) electrons. The quantitative estimate of drug-likeness (QED) is 0.623. The Morgan fingerprint density at radius 1 is 1.44 bits per heavy atom. The number of hydrogen-bond acceptors (Lipinski definition) is 4. The minimum atomic E-state index is -0.279. The average Bonchev–Trinajstić information content (AvgIpc) is 2.90. The molecule has 0 spiro atoms. The summed E-state index contributed by atoms with van der Waals surface area (Å²) in [4.78, 5) is 11.5. The molecule has 2 N–H and O–H groups in total. The minimum Gasteiger partial charge on any atom is -0.463 e. The monoisotopic (exact) mass is 234 g/mol. The SMILES string of the molecule is O=c1[nH][nH]c(=S)n2nc(-c3ccco3)cc12. The molecule has 0 aliphatic carbocycles. The highest BCUT2D eigenvalue weighted by atomic mass is 32.1. The first-order valence-corrected chi connectivity index (χ1v) is 4.91. The fraction of sp³-hybridized carbons (Fsp3) is 0. The van der Waals surface area contributed by atoms with Crippen LogP contribution in [-0.2, 0) is 0 Å². The highest BCUT2D eigenvalue weighted by molar-refractivity contribution is 7.71. The molecule has 0 atom stereocenters. The van der Waals surface area contributed by atoms with Crippen molar-refractivity contribution in [1.29, 1.82) is 0 Å². The van der Waals surface area contributed by atoms with Crippen molar-refractivity contribution in [3.8, 4) is 11.5 Å². The maximum atomic E-state index is 11.5. The molecule has 0 aliphatic heterocycles. The van der Waals surface area contributed by atoms with Crippen molar-refractivity contribution >= 4 is 17.7 Å². The first-order valence-electron chi connectivity index (χ1n) is 4.50. The molecule has 0 unspecified atom stereocenters. The van der Waals surface area contributed by atoms with Gasteiger partial charge >= 0.3 is 0 Å². The Labute approximate surface area is 93.5 Å². The Morgan fingerprint density at radius 3 is 3.00 bits per heavy atom. The van der Waals surface area contributed by atoms with Gasteiger partial charge in [-0.25, -0.2) is 0 Å². The van der Waals surface area contributed by atoms with Gasteiger partial charge in [-0.05, 0) is 24.4 Å². The minimum absolute atomic E-state index is 0.279. The molecule has 0 aliphatic rings. The van der Waals surface area contributed by atoms with Crippen LogP contribution in [0.1, 0.15) is 0 Å². The van der Waals surface area contributed by atoms with Crippen LogP contribution in [0.15, 0.2) is 33.7 Å². The van der Waals surface area contributed by atoms with Gasteiger partial charge in [-0.15, -0.1) is 0 Å². The predicted molar refractivity (Wildman–Crippen MR) is 58.7 cm³/mol. The zero-order valence-corrected chi connectivity index (χ0v) is 8.75. The normalized spacial score (nSPS) is 11.0. The summed E-state index contributed by atoms with van der Waals surface area (Å²) in [6.07, 6.45) is 1.55. The van der Waals surface area contributed by atoms with Gasteiger partial charge < -0.3 is 4.42 Å². The molecule has 80 valence electrons. The number of nitrogens with zero attached hydrogens (tertiary/aromatic N) is 2. The van der Waals surface area contributed by atoms with Crippen LogP contribution in [0.2, 0.25) is 0 Å². The lowest BCUT2D eigenvalue weighted by atomic mass is 10.3. The standard InChI is InChI=1S/C9H6N4O2S/c14-8-6-4-5(7-2-1-3-15-7)12-13(6)9(16)11-10-8/h1-4H,(H,10,14)(H,11,16). The predicted octanol–water partition coefficient (Wildman–Crippen LogP) is 1.34. The maximum Gasteiger partial charge on any atom is 0.288 e. The zero-order chi connectivity index (χ0) is 11.1. The van der Waals surface area contributed by atoms with Crippen molar-refractivity contribution in [3.63, 3.8) is 0 Å². The fourth-order valence-electron chi connectivity index (χ4n) is 1.47. The topological polar surface area (TPSA) is 79.1 Å². The van der Waals surface area contributed by atoms with Crippen molar-refractivity contribution in [3.05, 3.63) is 39.6 Å². The van der Waals surface area contributed by atoms with Gasteiger partial charge in [-0.1, -0.05) is 0 Å². The van der Waals surface area contributed by atoms with Crippen molar-refractivity contribution in [2.24, 2.45) is 0 Å². The van der Waals surface area contributed by atoms with E-state index in [0.717, 1.165) is 0 Å². The van der Waals surface area contributed by atoms with Gasteiger partial charge in [-0.3, -0.25) is 15.0 Å². The molecular formula is C9H6N4O2S. The first kappa shape index (κ1) is 9.10. The molecule has 0 saturated carbocycles. The van der Waals surface area contributed by atoms with Crippen LogP contribution >= 0.6 is 12.2 Å². The van der Waals surface area contributed by atoms with Crippen molar-refractivity contribution < 1.29 is 4.42 Å². The summed E-state index contributed by atoms with van der Waals surface area (Å²) in [5, 5.41) is 9.16. The summed E-state index contributed by atoms with van der Waals surface area (Å²) in [5.41, 5.74) is 0.676. The van der Waals surface area contributed by atoms with Crippen LogP contribution in [0, 0.1) is 4.77 Å². The number of aromatic nitrogens is 4. The van der Waals surface area contributed by atoms with E-state index in [9.17, 15) is 4.79 Å². The van der Waals surface area contributed by atoms with Gasteiger partial charge in [0.15, 0.2) is 5.76 Å². The Balaban J connectivity index is 2.40. The third kappa shape index (κ3) is 1.22. The second-order valence-corrected chi connectivity index (χ2v) is 3.57. The van der Waals surface area contributed by atoms with Gasteiger partial charge in [0.05, 0.1) is 6.26 Å². The fourth-order valence-corrected chi connectivity index (χ4v) is 1.66. The van der Waals surface area contributed by atoms with Crippen LogP contribution in [0.5, 0.6) is 0 Å². The van der Waals surface area contributed by atoms with Crippen molar-refractivity contribution in [2.75, 3.05) is 0 Å². The molecule has 0 amide bonds. The molecule has 7 heteroatoms. The van der Waals surface area contributed by atoms with Gasteiger partial charge in [0, 0.05) is 6.07 Å². The summed E-state index contributed by atoms with van der Waals surface area (Å²) in [7, 11) is 0. The van der Waals surface area contributed by atoms with Gasteiger partial charge in [-0.2, -0.15) is 9.61 Å². The molecule has 0 saturated heterocycles. The number of furan rings is 1. The van der Waals surface area contributed by atoms with Crippen LogP contribution in [0.25, 0.3) is 17.0 Å². The number of fused-ring (bicyclic) bond motifs is 1. The molecule has 0 aromatic carbocycles. The van der Waals surface area contributed by atoms with Crippen LogP contribution in [0.3, 0.4) is 0 Å². The summed E-state index contributed by atoms with van der Waals surface area (Å²) in [6.45, 7) is 0. The molecule has 3 heterocycles. The first-order chi connectivity index (χ1) is 7.75. The van der Waals surface area contributed by atoms with E-state index in [0.29, 0.717) is 21.7 Å². The lowest BCUT2D eigenvalue weighted by Crippen LogP contribution is -2.12.